The first kappa shape index (κ1) is 18.5. The number of hydrogen-bond acceptors (Lipinski definition) is 3. The maximum Gasteiger partial charge on any atom is 0.264 e. The molecule has 2 atom stereocenters. The highest BCUT2D eigenvalue weighted by Gasteiger charge is 2.45. The number of sulfonamides is 1. The zero-order valence-corrected chi connectivity index (χ0v) is 16.9. The molecule has 2 aromatic rings. The molecular formula is C22H28N2O2S. The van der Waals surface area contributed by atoms with Gasteiger partial charge in [0.1, 0.15) is 0 Å². The lowest BCUT2D eigenvalue weighted by Crippen LogP contribution is -2.42. The lowest BCUT2D eigenvalue weighted by Gasteiger charge is -2.35. The van der Waals surface area contributed by atoms with E-state index in [0.29, 0.717) is 17.5 Å². The Morgan fingerprint density at radius 2 is 1.81 bits per heavy atom. The van der Waals surface area contributed by atoms with Crippen molar-refractivity contribution in [3.05, 3.63) is 59.7 Å². The Morgan fingerprint density at radius 1 is 1.07 bits per heavy atom. The van der Waals surface area contributed by atoms with E-state index in [4.69, 9.17) is 0 Å². The Hall–Kier alpha value is -1.85. The summed E-state index contributed by atoms with van der Waals surface area (Å²) in [5, 5.41) is 3.51. The smallest absolute Gasteiger partial charge is 0.264 e. The van der Waals surface area contributed by atoms with E-state index in [0.717, 1.165) is 36.1 Å². The molecule has 2 unspecified atom stereocenters. The first-order valence-electron chi connectivity index (χ1n) is 9.81. The summed E-state index contributed by atoms with van der Waals surface area (Å²) in [6.07, 6.45) is 5.36. The first-order valence-corrected chi connectivity index (χ1v) is 11.2. The van der Waals surface area contributed by atoms with Gasteiger partial charge >= 0.3 is 0 Å². The number of rotatable bonds is 3. The van der Waals surface area contributed by atoms with Crippen LogP contribution in [-0.4, -0.2) is 28.1 Å². The van der Waals surface area contributed by atoms with Crippen molar-refractivity contribution >= 4 is 15.7 Å². The largest absolute Gasteiger partial charge is 0.316 e. The van der Waals surface area contributed by atoms with Crippen LogP contribution in [0.1, 0.15) is 36.8 Å². The molecule has 144 valence electrons. The molecule has 1 N–H and O–H groups in total. The first-order chi connectivity index (χ1) is 13.0. The fourth-order valence-electron chi connectivity index (χ4n) is 5.00. The monoisotopic (exact) mass is 384 g/mol. The second-order valence-electron chi connectivity index (χ2n) is 8.04. The van der Waals surface area contributed by atoms with E-state index < -0.39 is 10.0 Å². The van der Waals surface area contributed by atoms with E-state index in [-0.39, 0.29) is 5.41 Å². The van der Waals surface area contributed by atoms with E-state index >= 15 is 0 Å². The van der Waals surface area contributed by atoms with Gasteiger partial charge in [-0.15, -0.1) is 0 Å². The van der Waals surface area contributed by atoms with Crippen LogP contribution in [0, 0.1) is 12.3 Å². The Kier molecular flexibility index (Phi) is 4.77. The molecule has 0 amide bonds. The van der Waals surface area contributed by atoms with Gasteiger partial charge in [-0.05, 0) is 68.8 Å². The number of nitrogens with zero attached hydrogens (tertiary/aromatic N) is 1. The van der Waals surface area contributed by atoms with E-state index in [9.17, 15) is 8.42 Å². The number of benzene rings is 2. The van der Waals surface area contributed by atoms with Gasteiger partial charge in [-0.3, -0.25) is 4.31 Å². The molecule has 1 heterocycles. The van der Waals surface area contributed by atoms with E-state index in [1.165, 1.54) is 12.8 Å². The SMILES string of the molecule is CNC1CCCC12CCN(S(=O)(=O)c1ccc(C)cc1)c1ccccc1C2. The van der Waals surface area contributed by atoms with Gasteiger partial charge < -0.3 is 5.32 Å². The number of nitrogens with one attached hydrogen (secondary N) is 1. The zero-order valence-electron chi connectivity index (χ0n) is 16.1. The van der Waals surface area contributed by atoms with Crippen molar-refractivity contribution in [1.82, 2.24) is 5.32 Å². The highest BCUT2D eigenvalue weighted by atomic mass is 32.2. The Morgan fingerprint density at radius 3 is 2.56 bits per heavy atom. The Balaban J connectivity index is 1.78. The van der Waals surface area contributed by atoms with Gasteiger partial charge in [0.05, 0.1) is 10.6 Å². The Labute approximate surface area is 162 Å². The number of anilines is 1. The van der Waals surface area contributed by atoms with Crippen LogP contribution < -0.4 is 9.62 Å². The van der Waals surface area contributed by atoms with E-state index in [1.807, 2.05) is 44.3 Å². The minimum absolute atomic E-state index is 0.141. The molecule has 0 bridgehead atoms. The third-order valence-corrected chi connectivity index (χ3v) is 8.31. The van der Waals surface area contributed by atoms with Gasteiger partial charge in [0, 0.05) is 12.6 Å². The molecule has 2 aromatic carbocycles. The molecule has 0 saturated heterocycles. The van der Waals surface area contributed by atoms with Crippen LogP contribution in [0.5, 0.6) is 0 Å². The molecule has 4 nitrogen and oxygen atoms in total. The van der Waals surface area contributed by atoms with Gasteiger partial charge in [-0.25, -0.2) is 8.42 Å². The lowest BCUT2D eigenvalue weighted by molar-refractivity contribution is 0.219. The molecule has 0 radical (unpaired) electrons. The molecule has 1 spiro atoms. The predicted octanol–water partition coefficient (Wildman–Crippen LogP) is 3.89. The fourth-order valence-corrected chi connectivity index (χ4v) is 6.51. The van der Waals surface area contributed by atoms with Crippen LogP contribution in [-0.2, 0) is 16.4 Å². The molecule has 2 aliphatic rings. The lowest BCUT2D eigenvalue weighted by atomic mass is 9.75. The van der Waals surface area contributed by atoms with Crippen LogP contribution in [0.15, 0.2) is 53.4 Å². The molecule has 1 fully saturated rings. The molecular weight excluding hydrogens is 356 g/mol. The van der Waals surface area contributed by atoms with Crippen molar-refractivity contribution in [2.45, 2.75) is 50.0 Å². The number of fused-ring (bicyclic) bond motifs is 1. The summed E-state index contributed by atoms with van der Waals surface area (Å²) in [6.45, 7) is 2.50. The summed E-state index contributed by atoms with van der Waals surface area (Å²) in [4.78, 5) is 0.371. The van der Waals surface area contributed by atoms with Gasteiger partial charge in [0.2, 0.25) is 0 Å². The molecule has 1 aliphatic carbocycles. The summed E-state index contributed by atoms with van der Waals surface area (Å²) in [6, 6.07) is 15.7. The van der Waals surface area contributed by atoms with Gasteiger partial charge in [-0.2, -0.15) is 0 Å². The zero-order chi connectivity index (χ0) is 19.1. The Bertz CT molecular complexity index is 924. The second-order valence-corrected chi connectivity index (χ2v) is 9.90. The molecule has 4 rings (SSSR count). The van der Waals surface area contributed by atoms with Gasteiger partial charge in [0.25, 0.3) is 10.0 Å². The summed E-state index contributed by atoms with van der Waals surface area (Å²) < 4.78 is 28.6. The van der Waals surface area contributed by atoms with Crippen LogP contribution in [0.3, 0.4) is 0 Å². The van der Waals surface area contributed by atoms with E-state index in [1.54, 1.807) is 16.4 Å². The van der Waals surface area contributed by atoms with Crippen molar-refractivity contribution in [2.75, 3.05) is 17.9 Å². The minimum atomic E-state index is -3.57. The summed E-state index contributed by atoms with van der Waals surface area (Å²) >= 11 is 0. The van der Waals surface area contributed by atoms with Gasteiger partial charge in [0.15, 0.2) is 0 Å². The highest BCUT2D eigenvalue weighted by molar-refractivity contribution is 7.92. The van der Waals surface area contributed by atoms with Crippen molar-refractivity contribution in [2.24, 2.45) is 5.41 Å². The van der Waals surface area contributed by atoms with E-state index in [2.05, 4.69) is 11.4 Å². The van der Waals surface area contributed by atoms with Gasteiger partial charge in [-0.1, -0.05) is 42.3 Å². The van der Waals surface area contributed by atoms with Crippen molar-refractivity contribution < 1.29 is 8.42 Å². The molecule has 1 saturated carbocycles. The second kappa shape index (κ2) is 6.95. The number of aryl methyl sites for hydroxylation is 1. The van der Waals surface area contributed by atoms with Crippen LogP contribution in [0.25, 0.3) is 0 Å². The third-order valence-electron chi connectivity index (χ3n) is 6.48. The van der Waals surface area contributed by atoms with Crippen molar-refractivity contribution in [3.63, 3.8) is 0 Å². The fraction of sp³-hybridized carbons (Fsp3) is 0.455. The molecule has 5 heteroatoms. The quantitative estimate of drug-likeness (QED) is 0.873. The molecule has 27 heavy (non-hydrogen) atoms. The highest BCUT2D eigenvalue weighted by Crippen LogP contribution is 2.48. The maximum absolute atomic E-state index is 13.5. The standard InChI is InChI=1S/C22H28N2O2S/c1-17-9-11-19(12-10-17)27(25,26)24-15-14-22(13-5-8-21(22)23-2)16-18-6-3-4-7-20(18)24/h3-4,6-7,9-12,21,23H,5,8,13-16H2,1-2H3. The average Bonchev–Trinajstić information content (AvgIpc) is 2.96. The third kappa shape index (κ3) is 3.17. The predicted molar refractivity (Wildman–Crippen MR) is 110 cm³/mol. The maximum atomic E-state index is 13.5. The molecule has 1 aliphatic heterocycles. The van der Waals surface area contributed by atoms with Crippen LogP contribution >= 0.6 is 0 Å². The number of hydrogen-bond donors (Lipinski definition) is 1. The molecule has 0 aromatic heterocycles. The summed E-state index contributed by atoms with van der Waals surface area (Å²) in [7, 11) is -1.54. The van der Waals surface area contributed by atoms with Crippen LogP contribution in [0.2, 0.25) is 0 Å². The number of para-hydroxylation sites is 1. The summed E-state index contributed by atoms with van der Waals surface area (Å²) in [5.41, 5.74) is 3.19. The topological polar surface area (TPSA) is 49.4 Å². The summed E-state index contributed by atoms with van der Waals surface area (Å²) in [5.74, 6) is 0. The van der Waals surface area contributed by atoms with Crippen LogP contribution in [0.4, 0.5) is 5.69 Å². The normalized spacial score (nSPS) is 25.4. The average molecular weight is 385 g/mol. The van der Waals surface area contributed by atoms with Crippen molar-refractivity contribution in [3.8, 4) is 0 Å². The van der Waals surface area contributed by atoms with Crippen molar-refractivity contribution in [1.29, 1.82) is 0 Å². The minimum Gasteiger partial charge on any atom is -0.316 e.